The number of methoxy groups -OCH3 is 1. The van der Waals surface area contributed by atoms with Gasteiger partial charge in [0.05, 0.1) is 19.9 Å². The number of benzene rings is 4. The maximum atomic E-state index is 14.8. The van der Waals surface area contributed by atoms with E-state index in [1.807, 2.05) is 42.6 Å². The van der Waals surface area contributed by atoms with Crippen molar-refractivity contribution >= 4 is 28.5 Å². The number of hydrogen-bond donors (Lipinski definition) is 1. The first-order chi connectivity index (χ1) is 25.5. The molecule has 0 spiro atoms. The van der Waals surface area contributed by atoms with Gasteiger partial charge in [-0.05, 0) is 60.9 Å². The van der Waals surface area contributed by atoms with Crippen LogP contribution >= 0.6 is 0 Å². The third-order valence-electron chi connectivity index (χ3n) is 9.24. The van der Waals surface area contributed by atoms with Crippen molar-refractivity contribution in [3.63, 3.8) is 0 Å². The lowest BCUT2D eigenvalue weighted by molar-refractivity contribution is -0.123. The van der Waals surface area contributed by atoms with E-state index in [9.17, 15) is 14.4 Å². The Bertz CT molecular complexity index is 2210. The van der Waals surface area contributed by atoms with E-state index in [1.165, 1.54) is 18.1 Å². The normalized spacial score (nSPS) is 13.7. The first-order valence-corrected chi connectivity index (χ1v) is 17.4. The molecular weight excluding hydrogens is 658 g/mol. The Kier molecular flexibility index (Phi) is 10.4. The molecule has 0 aliphatic heterocycles. The van der Waals surface area contributed by atoms with Gasteiger partial charge >= 0.3 is 5.63 Å². The van der Waals surface area contributed by atoms with E-state index in [0.717, 1.165) is 37.7 Å². The van der Waals surface area contributed by atoms with E-state index in [-0.39, 0.29) is 24.1 Å². The van der Waals surface area contributed by atoms with Crippen LogP contribution in [0.2, 0.25) is 0 Å². The number of para-hydroxylation sites is 2. The molecule has 2 heterocycles. The Morgan fingerprint density at radius 1 is 0.923 bits per heavy atom. The largest absolute Gasteiger partial charge is 0.497 e. The van der Waals surface area contributed by atoms with Crippen molar-refractivity contribution in [2.75, 3.05) is 12.0 Å². The minimum absolute atomic E-state index is 0.0533. The summed E-state index contributed by atoms with van der Waals surface area (Å²) in [5, 5.41) is 12.3. The molecule has 2 amide bonds. The third kappa shape index (κ3) is 7.73. The summed E-state index contributed by atoms with van der Waals surface area (Å²) < 4.78 is 19.1. The predicted molar refractivity (Wildman–Crippen MR) is 196 cm³/mol. The zero-order valence-corrected chi connectivity index (χ0v) is 28.8. The second-order valence-corrected chi connectivity index (χ2v) is 12.8. The van der Waals surface area contributed by atoms with Gasteiger partial charge in [-0.1, -0.05) is 91.2 Å². The summed E-state index contributed by atoms with van der Waals surface area (Å²) in [6.07, 6.45) is 6.61. The van der Waals surface area contributed by atoms with Crippen molar-refractivity contribution < 1.29 is 23.5 Å². The van der Waals surface area contributed by atoms with Crippen molar-refractivity contribution in [1.82, 2.24) is 20.3 Å². The zero-order chi connectivity index (χ0) is 35.9. The Morgan fingerprint density at radius 3 is 2.42 bits per heavy atom. The summed E-state index contributed by atoms with van der Waals surface area (Å²) in [4.78, 5) is 44.3. The highest BCUT2D eigenvalue weighted by molar-refractivity contribution is 6.11. The van der Waals surface area contributed by atoms with Gasteiger partial charge < -0.3 is 19.2 Å². The first kappa shape index (κ1) is 34.2. The van der Waals surface area contributed by atoms with E-state index >= 15 is 0 Å². The van der Waals surface area contributed by atoms with Crippen molar-refractivity contribution in [3.05, 3.63) is 148 Å². The van der Waals surface area contributed by atoms with Gasteiger partial charge in [-0.3, -0.25) is 14.5 Å². The summed E-state index contributed by atoms with van der Waals surface area (Å²) in [6, 6.07) is 31.1. The smallest absolute Gasteiger partial charge is 0.349 e. The number of nitrogens with zero attached hydrogens (tertiary/aromatic N) is 4. The van der Waals surface area contributed by atoms with E-state index in [2.05, 4.69) is 15.6 Å². The highest BCUT2D eigenvalue weighted by Crippen LogP contribution is 2.36. The molecule has 264 valence electrons. The number of amides is 2. The molecule has 6 aromatic rings. The average molecular weight is 698 g/mol. The Balaban J connectivity index is 1.27. The SMILES string of the molecule is COc1ccc2oc(=O)c(C(=O)N(c3ccccc3)C(C(=O)NC3CCCCC3)c3ccccc3OCc3cn(Cc4ccccc4)nn3)cc2c1. The van der Waals surface area contributed by atoms with Crippen LogP contribution in [0.4, 0.5) is 5.69 Å². The van der Waals surface area contributed by atoms with Crippen LogP contribution in [-0.2, 0) is 17.9 Å². The van der Waals surface area contributed by atoms with E-state index < -0.39 is 17.6 Å². The molecule has 1 atom stereocenters. The lowest BCUT2D eigenvalue weighted by Crippen LogP contribution is -2.48. The van der Waals surface area contributed by atoms with Crippen LogP contribution in [0, 0.1) is 0 Å². The fourth-order valence-electron chi connectivity index (χ4n) is 6.65. The maximum Gasteiger partial charge on any atom is 0.349 e. The predicted octanol–water partition coefficient (Wildman–Crippen LogP) is 6.86. The number of carbonyl (C=O) groups is 2. The number of anilines is 1. The highest BCUT2D eigenvalue weighted by atomic mass is 16.5. The molecule has 52 heavy (non-hydrogen) atoms. The van der Waals surface area contributed by atoms with Gasteiger partial charge in [-0.15, -0.1) is 5.10 Å². The molecule has 1 aliphatic carbocycles. The lowest BCUT2D eigenvalue weighted by Gasteiger charge is -2.34. The number of aromatic nitrogens is 3. The molecule has 11 heteroatoms. The minimum Gasteiger partial charge on any atom is -0.497 e. The molecule has 1 aliphatic rings. The second kappa shape index (κ2) is 15.8. The Hall–Kier alpha value is -6.23. The number of fused-ring (bicyclic) bond motifs is 1. The topological polar surface area (TPSA) is 129 Å². The van der Waals surface area contributed by atoms with Gasteiger partial charge in [0.25, 0.3) is 5.91 Å². The van der Waals surface area contributed by atoms with Crippen LogP contribution in [0.3, 0.4) is 0 Å². The maximum absolute atomic E-state index is 14.8. The van der Waals surface area contributed by atoms with Crippen LogP contribution in [0.15, 0.2) is 125 Å². The number of hydrogen-bond acceptors (Lipinski definition) is 8. The molecule has 1 fully saturated rings. The van der Waals surface area contributed by atoms with Crippen LogP contribution in [-0.4, -0.2) is 40.0 Å². The van der Waals surface area contributed by atoms with Crippen LogP contribution in [0.25, 0.3) is 11.0 Å². The Morgan fingerprint density at radius 2 is 1.65 bits per heavy atom. The summed E-state index contributed by atoms with van der Waals surface area (Å²) in [5.41, 5.74) is 1.79. The van der Waals surface area contributed by atoms with Crippen LogP contribution in [0.1, 0.15) is 65.3 Å². The number of rotatable bonds is 12. The van der Waals surface area contributed by atoms with Crippen molar-refractivity contribution in [1.29, 1.82) is 0 Å². The minimum atomic E-state index is -1.22. The molecule has 11 nitrogen and oxygen atoms in total. The molecule has 1 unspecified atom stereocenters. The summed E-state index contributed by atoms with van der Waals surface area (Å²) in [7, 11) is 1.53. The quantitative estimate of drug-likeness (QED) is 0.138. The fourth-order valence-corrected chi connectivity index (χ4v) is 6.65. The average Bonchev–Trinajstić information content (AvgIpc) is 3.63. The third-order valence-corrected chi connectivity index (χ3v) is 9.24. The van der Waals surface area contributed by atoms with Crippen molar-refractivity contribution in [3.8, 4) is 11.5 Å². The van der Waals surface area contributed by atoms with Gasteiger partial charge in [0.2, 0.25) is 5.91 Å². The molecular formula is C41H39N5O6. The Labute approximate surface area is 300 Å². The molecule has 4 aromatic carbocycles. The van der Waals surface area contributed by atoms with E-state index in [1.54, 1.807) is 71.4 Å². The summed E-state index contributed by atoms with van der Waals surface area (Å²) in [5.74, 6) is -0.170. The number of nitrogens with one attached hydrogen (secondary N) is 1. The van der Waals surface area contributed by atoms with Gasteiger partial charge in [-0.25, -0.2) is 9.48 Å². The van der Waals surface area contributed by atoms with Crippen molar-refractivity contribution in [2.45, 2.75) is 57.3 Å². The number of ether oxygens (including phenoxy) is 2. The standard InChI is InChI=1S/C41H39N5O6/c1-50-33-21-22-36-29(23-33)24-35(41(49)52-36)40(48)46(32-17-9-4-10-18-32)38(39(47)42-30-15-7-3-8-16-30)34-19-11-12-20-37(34)51-27-31-26-45(44-43-31)25-28-13-5-2-6-14-28/h2,4-6,9-14,17-24,26,30,38H,3,7-8,15-16,25,27H2,1H3,(H,42,47). The number of carbonyl (C=O) groups excluding carboxylic acids is 2. The first-order valence-electron chi connectivity index (χ1n) is 17.4. The molecule has 0 bridgehead atoms. The van der Waals surface area contributed by atoms with Crippen LogP contribution in [0.5, 0.6) is 11.5 Å². The summed E-state index contributed by atoms with van der Waals surface area (Å²) >= 11 is 0. The second-order valence-electron chi connectivity index (χ2n) is 12.8. The van der Waals surface area contributed by atoms with Crippen molar-refractivity contribution in [2.24, 2.45) is 0 Å². The summed E-state index contributed by atoms with van der Waals surface area (Å²) in [6.45, 7) is 0.621. The van der Waals surface area contributed by atoms with E-state index in [4.69, 9.17) is 13.9 Å². The molecule has 0 saturated heterocycles. The van der Waals surface area contributed by atoms with Gasteiger partial charge in [0, 0.05) is 22.7 Å². The van der Waals surface area contributed by atoms with Gasteiger partial charge in [0.1, 0.15) is 41.0 Å². The molecule has 1 saturated carbocycles. The zero-order valence-electron chi connectivity index (χ0n) is 28.8. The molecule has 7 rings (SSSR count). The van der Waals surface area contributed by atoms with Crippen LogP contribution < -0.4 is 25.3 Å². The molecule has 1 N–H and O–H groups in total. The van der Waals surface area contributed by atoms with E-state index in [0.29, 0.717) is 46.0 Å². The molecule has 0 radical (unpaired) electrons. The highest BCUT2D eigenvalue weighted by Gasteiger charge is 2.37. The lowest BCUT2D eigenvalue weighted by atomic mass is 9.94. The fraction of sp³-hybridized carbons (Fsp3) is 0.244. The molecule has 2 aromatic heterocycles. The monoisotopic (exact) mass is 697 g/mol. The van der Waals surface area contributed by atoms with Gasteiger partial charge in [-0.2, -0.15) is 0 Å². The van der Waals surface area contributed by atoms with Gasteiger partial charge in [0.15, 0.2) is 0 Å².